The molecule has 0 aliphatic carbocycles. The van der Waals surface area contributed by atoms with Gasteiger partial charge in [0.25, 0.3) is 0 Å². The number of guanidine groups is 1. The van der Waals surface area contributed by atoms with Crippen molar-refractivity contribution in [3.63, 3.8) is 0 Å². The molecule has 1 amide bonds. The Labute approximate surface area is 182 Å². The van der Waals surface area contributed by atoms with Gasteiger partial charge in [0.1, 0.15) is 5.82 Å². The van der Waals surface area contributed by atoms with Crippen LogP contribution in [0.3, 0.4) is 0 Å². The van der Waals surface area contributed by atoms with E-state index >= 15 is 0 Å². The van der Waals surface area contributed by atoms with Gasteiger partial charge in [-0.3, -0.25) is 9.79 Å². The minimum Gasteiger partial charge on any atom is -0.356 e. The molecule has 31 heavy (non-hydrogen) atoms. The van der Waals surface area contributed by atoms with Crippen molar-refractivity contribution in [2.24, 2.45) is 4.99 Å². The third-order valence-electron chi connectivity index (χ3n) is 5.57. The monoisotopic (exact) mass is 416 g/mol. The van der Waals surface area contributed by atoms with Crippen molar-refractivity contribution in [1.29, 1.82) is 0 Å². The van der Waals surface area contributed by atoms with Crippen LogP contribution in [0.4, 0.5) is 5.69 Å². The Balaban J connectivity index is 1.34. The number of anilines is 1. The minimum absolute atomic E-state index is 0.0541. The second-order valence-electron chi connectivity index (χ2n) is 7.77. The van der Waals surface area contributed by atoms with Gasteiger partial charge < -0.3 is 20.5 Å². The standard InChI is InChI=1S/C24H28N6O/c1-17-26-10-11-30(17)16-19-7-5-6-18(12-19)14-27-24(25-2)28-15-20-13-23(31)29-22-9-4-3-8-21(20)22/h3-12,20H,13-16H2,1-2H3,(H,29,31)(H2,25,27,28). The first-order valence-electron chi connectivity index (χ1n) is 10.5. The fourth-order valence-electron chi connectivity index (χ4n) is 3.92. The number of hydrogen-bond donors (Lipinski definition) is 3. The molecule has 7 nitrogen and oxygen atoms in total. The van der Waals surface area contributed by atoms with E-state index in [9.17, 15) is 4.79 Å². The smallest absolute Gasteiger partial charge is 0.225 e. The van der Waals surface area contributed by atoms with Crippen LogP contribution in [0.15, 0.2) is 65.9 Å². The van der Waals surface area contributed by atoms with Crippen LogP contribution in [-0.2, 0) is 17.9 Å². The molecule has 2 aromatic carbocycles. The third-order valence-corrected chi connectivity index (χ3v) is 5.57. The summed E-state index contributed by atoms with van der Waals surface area (Å²) in [5.74, 6) is 1.90. The molecule has 160 valence electrons. The number of carbonyl (C=O) groups excluding carboxylic acids is 1. The molecule has 1 atom stereocenters. The number of fused-ring (bicyclic) bond motifs is 1. The molecule has 7 heteroatoms. The van der Waals surface area contributed by atoms with Crippen LogP contribution in [0.25, 0.3) is 0 Å². The molecule has 3 N–H and O–H groups in total. The predicted molar refractivity (Wildman–Crippen MR) is 123 cm³/mol. The van der Waals surface area contributed by atoms with Crippen molar-refractivity contribution in [1.82, 2.24) is 20.2 Å². The van der Waals surface area contributed by atoms with Crippen LogP contribution in [-0.4, -0.2) is 35.0 Å². The molecule has 1 aliphatic heterocycles. The second kappa shape index (κ2) is 9.47. The quantitative estimate of drug-likeness (QED) is 0.426. The normalized spacial score (nSPS) is 15.9. The Morgan fingerprint density at radius 2 is 2.03 bits per heavy atom. The maximum atomic E-state index is 12.0. The maximum Gasteiger partial charge on any atom is 0.225 e. The number of benzene rings is 2. The molecule has 1 unspecified atom stereocenters. The summed E-state index contributed by atoms with van der Waals surface area (Å²) in [6.07, 6.45) is 4.29. The first-order valence-corrected chi connectivity index (χ1v) is 10.5. The van der Waals surface area contributed by atoms with E-state index < -0.39 is 0 Å². The van der Waals surface area contributed by atoms with E-state index in [1.54, 1.807) is 7.05 Å². The van der Waals surface area contributed by atoms with Crippen molar-refractivity contribution < 1.29 is 4.79 Å². The molecule has 0 saturated heterocycles. The lowest BCUT2D eigenvalue weighted by atomic mass is 9.90. The van der Waals surface area contributed by atoms with Gasteiger partial charge in [0.2, 0.25) is 5.91 Å². The van der Waals surface area contributed by atoms with Crippen LogP contribution in [0.1, 0.15) is 34.9 Å². The van der Waals surface area contributed by atoms with Gasteiger partial charge in [-0.1, -0.05) is 42.5 Å². The van der Waals surface area contributed by atoms with Crippen molar-refractivity contribution >= 4 is 17.6 Å². The topological polar surface area (TPSA) is 83.3 Å². The second-order valence-corrected chi connectivity index (χ2v) is 7.77. The lowest BCUT2D eigenvalue weighted by molar-refractivity contribution is -0.116. The molecule has 0 bridgehead atoms. The van der Waals surface area contributed by atoms with E-state index in [4.69, 9.17) is 0 Å². The Bertz CT molecular complexity index is 1090. The number of aliphatic imine (C=N–C) groups is 1. The predicted octanol–water partition coefficient (Wildman–Crippen LogP) is 3.03. The lowest BCUT2D eigenvalue weighted by Gasteiger charge is -2.26. The molecule has 4 rings (SSSR count). The SMILES string of the molecule is CN=C(NCc1cccc(Cn2ccnc2C)c1)NCC1CC(=O)Nc2ccccc21. The fraction of sp³-hybridized carbons (Fsp3) is 0.292. The highest BCUT2D eigenvalue weighted by Gasteiger charge is 2.24. The Morgan fingerprint density at radius 1 is 1.19 bits per heavy atom. The van der Waals surface area contributed by atoms with Gasteiger partial charge in [0.05, 0.1) is 0 Å². The van der Waals surface area contributed by atoms with E-state index in [2.05, 4.69) is 60.8 Å². The van der Waals surface area contributed by atoms with Crippen molar-refractivity contribution in [2.45, 2.75) is 32.4 Å². The van der Waals surface area contributed by atoms with Gasteiger partial charge in [-0.25, -0.2) is 4.98 Å². The summed E-state index contributed by atoms with van der Waals surface area (Å²) in [5, 5.41) is 9.70. The van der Waals surface area contributed by atoms with Gasteiger partial charge >= 0.3 is 0 Å². The van der Waals surface area contributed by atoms with Gasteiger partial charge in [-0.05, 0) is 29.7 Å². The van der Waals surface area contributed by atoms with E-state index in [-0.39, 0.29) is 11.8 Å². The summed E-state index contributed by atoms with van der Waals surface area (Å²) in [6.45, 7) is 4.12. The average Bonchev–Trinajstić information content (AvgIpc) is 3.18. The molecule has 1 aliphatic rings. The molecule has 0 saturated carbocycles. The summed E-state index contributed by atoms with van der Waals surface area (Å²) >= 11 is 0. The number of aryl methyl sites for hydroxylation is 1. The van der Waals surface area contributed by atoms with Crippen molar-refractivity contribution in [2.75, 3.05) is 18.9 Å². The summed E-state index contributed by atoms with van der Waals surface area (Å²) in [4.78, 5) is 20.7. The van der Waals surface area contributed by atoms with Crippen molar-refractivity contribution in [3.05, 3.63) is 83.4 Å². The number of rotatable bonds is 6. The average molecular weight is 417 g/mol. The lowest BCUT2D eigenvalue weighted by Crippen LogP contribution is -2.40. The fourth-order valence-corrected chi connectivity index (χ4v) is 3.92. The zero-order valence-corrected chi connectivity index (χ0v) is 17.9. The number of amides is 1. The molecule has 0 spiro atoms. The molecular formula is C24H28N6O. The number of carbonyl (C=O) groups is 1. The number of imidazole rings is 1. The number of para-hydroxylation sites is 1. The molecule has 0 fully saturated rings. The van der Waals surface area contributed by atoms with Crippen molar-refractivity contribution in [3.8, 4) is 0 Å². The van der Waals surface area contributed by atoms with Crippen LogP contribution in [0.2, 0.25) is 0 Å². The van der Waals surface area contributed by atoms with Gasteiger partial charge in [-0.15, -0.1) is 0 Å². The van der Waals surface area contributed by atoms with Crippen LogP contribution in [0, 0.1) is 6.92 Å². The highest BCUT2D eigenvalue weighted by atomic mass is 16.1. The molecule has 3 aromatic rings. The first-order chi connectivity index (χ1) is 15.1. The summed E-state index contributed by atoms with van der Waals surface area (Å²) in [5.41, 5.74) is 4.47. The molecule has 1 aromatic heterocycles. The number of nitrogens with zero attached hydrogens (tertiary/aromatic N) is 3. The molecular weight excluding hydrogens is 388 g/mol. The van der Waals surface area contributed by atoms with Gasteiger partial charge in [0, 0.05) is 57.1 Å². The third kappa shape index (κ3) is 5.12. The van der Waals surface area contributed by atoms with Crippen LogP contribution >= 0.6 is 0 Å². The summed E-state index contributed by atoms with van der Waals surface area (Å²) in [6, 6.07) is 16.5. The zero-order chi connectivity index (χ0) is 21.6. The van der Waals surface area contributed by atoms with Gasteiger partial charge in [0.15, 0.2) is 5.96 Å². The number of hydrogen-bond acceptors (Lipinski definition) is 3. The van der Waals surface area contributed by atoms with E-state index in [0.29, 0.717) is 19.5 Å². The van der Waals surface area contributed by atoms with Crippen LogP contribution in [0.5, 0.6) is 0 Å². The molecule has 2 heterocycles. The highest BCUT2D eigenvalue weighted by molar-refractivity contribution is 5.94. The minimum atomic E-state index is 0.0541. The Kier molecular flexibility index (Phi) is 6.31. The van der Waals surface area contributed by atoms with Crippen LogP contribution < -0.4 is 16.0 Å². The van der Waals surface area contributed by atoms with E-state index in [1.807, 2.05) is 37.5 Å². The zero-order valence-electron chi connectivity index (χ0n) is 17.9. The van der Waals surface area contributed by atoms with Gasteiger partial charge in [-0.2, -0.15) is 0 Å². The maximum absolute atomic E-state index is 12.0. The first kappa shape index (κ1) is 20.7. The van der Waals surface area contributed by atoms with E-state index in [0.717, 1.165) is 29.6 Å². The molecule has 0 radical (unpaired) electrons. The number of aromatic nitrogens is 2. The summed E-state index contributed by atoms with van der Waals surface area (Å²) in [7, 11) is 1.76. The number of nitrogens with one attached hydrogen (secondary N) is 3. The summed E-state index contributed by atoms with van der Waals surface area (Å²) < 4.78 is 2.13. The highest BCUT2D eigenvalue weighted by Crippen LogP contribution is 2.31. The van der Waals surface area contributed by atoms with E-state index in [1.165, 1.54) is 11.1 Å². The largest absolute Gasteiger partial charge is 0.356 e. The Hall–Kier alpha value is -3.61. The Morgan fingerprint density at radius 3 is 2.84 bits per heavy atom.